The van der Waals surface area contributed by atoms with Crippen molar-refractivity contribution in [1.82, 2.24) is 0 Å². The maximum Gasteiger partial charge on any atom is 0.335 e. The van der Waals surface area contributed by atoms with Crippen molar-refractivity contribution >= 4 is 28.2 Å². The minimum Gasteiger partial charge on any atom is -0.486 e. The number of carbonyl (C=O) groups excluding carboxylic acids is 1. The quantitative estimate of drug-likeness (QED) is 0.833. The molecule has 108 valence electrons. The van der Waals surface area contributed by atoms with Gasteiger partial charge < -0.3 is 9.84 Å². The average Bonchev–Trinajstić information content (AvgIpc) is 2.46. The van der Waals surface area contributed by atoms with Crippen molar-refractivity contribution < 1.29 is 23.8 Å². The maximum absolute atomic E-state index is 13.6. The Hall–Kier alpha value is -2.21. The third-order valence-corrected chi connectivity index (χ3v) is 3.51. The van der Waals surface area contributed by atoms with Gasteiger partial charge in [-0.05, 0) is 30.3 Å². The zero-order valence-corrected chi connectivity index (χ0v) is 12.3. The van der Waals surface area contributed by atoms with Gasteiger partial charge in [0.05, 0.1) is 5.56 Å². The van der Waals surface area contributed by atoms with E-state index in [1.807, 2.05) is 0 Å². The Labute approximate surface area is 128 Å². The van der Waals surface area contributed by atoms with Crippen LogP contribution in [-0.4, -0.2) is 17.4 Å². The lowest BCUT2D eigenvalue weighted by Crippen LogP contribution is -2.01. The molecule has 0 saturated carbocycles. The average molecular weight is 353 g/mol. The van der Waals surface area contributed by atoms with E-state index in [4.69, 9.17) is 9.84 Å². The number of carboxylic acids is 1. The van der Waals surface area contributed by atoms with Gasteiger partial charge in [0, 0.05) is 15.6 Å². The summed E-state index contributed by atoms with van der Waals surface area (Å²) >= 11 is 3.25. The Morgan fingerprint density at radius 1 is 1.29 bits per heavy atom. The fourth-order valence-corrected chi connectivity index (χ4v) is 2.15. The number of hydrogen-bond acceptors (Lipinski definition) is 3. The highest BCUT2D eigenvalue weighted by Crippen LogP contribution is 2.23. The molecule has 21 heavy (non-hydrogen) atoms. The molecule has 0 saturated heterocycles. The van der Waals surface area contributed by atoms with Gasteiger partial charge in [-0.1, -0.05) is 22.0 Å². The highest BCUT2D eigenvalue weighted by atomic mass is 79.9. The Morgan fingerprint density at radius 3 is 2.62 bits per heavy atom. The Morgan fingerprint density at radius 2 is 2.05 bits per heavy atom. The summed E-state index contributed by atoms with van der Waals surface area (Å²) in [5.74, 6) is -1.63. The summed E-state index contributed by atoms with van der Waals surface area (Å²) in [6.07, 6.45) is 0.550. The topological polar surface area (TPSA) is 63.6 Å². The van der Waals surface area contributed by atoms with Crippen molar-refractivity contribution in [3.05, 3.63) is 63.4 Å². The summed E-state index contributed by atoms with van der Waals surface area (Å²) in [7, 11) is 0. The molecular formula is C15H10BrFO4. The number of benzene rings is 2. The molecule has 2 aromatic rings. The first-order valence-electron chi connectivity index (χ1n) is 5.90. The molecule has 0 radical (unpaired) electrons. The number of halogens is 2. The Balaban J connectivity index is 2.13. The highest BCUT2D eigenvalue weighted by molar-refractivity contribution is 9.10. The predicted molar refractivity (Wildman–Crippen MR) is 77.2 cm³/mol. The normalized spacial score (nSPS) is 10.2. The zero-order valence-electron chi connectivity index (χ0n) is 10.7. The van der Waals surface area contributed by atoms with Crippen LogP contribution in [0.3, 0.4) is 0 Å². The summed E-state index contributed by atoms with van der Waals surface area (Å²) in [5, 5.41) is 8.86. The fraction of sp³-hybridized carbons (Fsp3) is 0.0667. The molecule has 0 unspecified atom stereocenters. The third kappa shape index (κ3) is 3.66. The van der Waals surface area contributed by atoms with Crippen LogP contribution < -0.4 is 4.74 Å². The lowest BCUT2D eigenvalue weighted by atomic mass is 10.1. The lowest BCUT2D eigenvalue weighted by molar-refractivity contribution is 0.0696. The van der Waals surface area contributed by atoms with Crippen LogP contribution >= 0.6 is 15.9 Å². The second-order valence-electron chi connectivity index (χ2n) is 4.21. The van der Waals surface area contributed by atoms with E-state index in [1.54, 1.807) is 6.07 Å². The molecule has 0 heterocycles. The van der Waals surface area contributed by atoms with E-state index in [2.05, 4.69) is 15.9 Å². The van der Waals surface area contributed by atoms with E-state index in [-0.39, 0.29) is 23.5 Å². The molecule has 4 nitrogen and oxygen atoms in total. The van der Waals surface area contributed by atoms with Crippen LogP contribution in [0.25, 0.3) is 0 Å². The van der Waals surface area contributed by atoms with Gasteiger partial charge in [0.15, 0.2) is 11.6 Å². The number of rotatable bonds is 5. The highest BCUT2D eigenvalue weighted by Gasteiger charge is 2.09. The number of aldehydes is 1. The van der Waals surface area contributed by atoms with Crippen molar-refractivity contribution in [3.63, 3.8) is 0 Å². The third-order valence-electron chi connectivity index (χ3n) is 2.78. The number of hydrogen-bond donors (Lipinski definition) is 1. The van der Waals surface area contributed by atoms with Crippen LogP contribution in [0.2, 0.25) is 0 Å². The Bertz CT molecular complexity index is 700. The summed E-state index contributed by atoms with van der Waals surface area (Å²) < 4.78 is 19.5. The molecule has 2 aromatic carbocycles. The van der Waals surface area contributed by atoms with Gasteiger partial charge in [-0.25, -0.2) is 9.18 Å². The van der Waals surface area contributed by atoms with E-state index < -0.39 is 11.8 Å². The Kier molecular flexibility index (Phi) is 4.70. The van der Waals surface area contributed by atoms with E-state index in [0.717, 1.165) is 6.07 Å². The summed E-state index contributed by atoms with van der Waals surface area (Å²) in [5.41, 5.74) is 1.05. The number of carbonyl (C=O) groups is 2. The first-order chi connectivity index (χ1) is 10.0. The van der Waals surface area contributed by atoms with Crippen LogP contribution in [0.4, 0.5) is 4.39 Å². The van der Waals surface area contributed by atoms with E-state index in [1.165, 1.54) is 24.3 Å². The molecular weight excluding hydrogens is 343 g/mol. The molecule has 0 spiro atoms. The number of carboxylic acid groups (broad SMARTS) is 1. The minimum atomic E-state index is -1.03. The molecule has 0 aliphatic heterocycles. The summed E-state index contributed by atoms with van der Waals surface area (Å²) in [4.78, 5) is 21.3. The van der Waals surface area contributed by atoms with Gasteiger partial charge >= 0.3 is 5.97 Å². The standard InChI is InChI=1S/C15H10BrFO4/c16-12-6-10(15(19)20)2-3-11(12)8-21-14-4-1-9(7-18)5-13(14)17/h1-7H,8H2,(H,19,20). The molecule has 2 rings (SSSR count). The van der Waals surface area contributed by atoms with Gasteiger partial charge in [-0.15, -0.1) is 0 Å². The van der Waals surface area contributed by atoms with Crippen molar-refractivity contribution in [2.75, 3.05) is 0 Å². The second kappa shape index (κ2) is 6.49. The molecule has 0 aromatic heterocycles. The fourth-order valence-electron chi connectivity index (χ4n) is 1.66. The van der Waals surface area contributed by atoms with E-state index >= 15 is 0 Å². The molecule has 0 atom stereocenters. The van der Waals surface area contributed by atoms with Crippen molar-refractivity contribution in [2.45, 2.75) is 6.61 Å². The molecule has 0 aliphatic rings. The minimum absolute atomic E-state index is 0.0230. The van der Waals surface area contributed by atoms with Gasteiger partial charge in [-0.3, -0.25) is 4.79 Å². The van der Waals surface area contributed by atoms with Crippen LogP contribution in [0.15, 0.2) is 40.9 Å². The molecule has 0 aliphatic carbocycles. The molecule has 0 bridgehead atoms. The van der Waals surface area contributed by atoms with Crippen LogP contribution in [0.5, 0.6) is 5.75 Å². The first kappa shape index (κ1) is 15.2. The maximum atomic E-state index is 13.6. The van der Waals surface area contributed by atoms with Gasteiger partial charge in [-0.2, -0.15) is 0 Å². The second-order valence-corrected chi connectivity index (χ2v) is 5.06. The predicted octanol–water partition coefficient (Wildman–Crippen LogP) is 3.68. The lowest BCUT2D eigenvalue weighted by Gasteiger charge is -2.09. The SMILES string of the molecule is O=Cc1ccc(OCc2ccc(C(=O)O)cc2Br)c(F)c1. The first-order valence-corrected chi connectivity index (χ1v) is 6.70. The van der Waals surface area contributed by atoms with Crippen LogP contribution in [0.1, 0.15) is 26.3 Å². The van der Waals surface area contributed by atoms with Crippen molar-refractivity contribution in [1.29, 1.82) is 0 Å². The smallest absolute Gasteiger partial charge is 0.335 e. The van der Waals surface area contributed by atoms with Crippen LogP contribution in [-0.2, 0) is 6.61 Å². The summed E-state index contributed by atoms with van der Waals surface area (Å²) in [6.45, 7) is 0.0673. The molecule has 6 heteroatoms. The van der Waals surface area contributed by atoms with Crippen molar-refractivity contribution in [3.8, 4) is 5.75 Å². The molecule has 0 fully saturated rings. The van der Waals surface area contributed by atoms with Gasteiger partial charge in [0.2, 0.25) is 0 Å². The molecule has 0 amide bonds. The summed E-state index contributed by atoms with van der Waals surface area (Å²) in [6, 6.07) is 8.40. The number of aromatic carboxylic acids is 1. The van der Waals surface area contributed by atoms with Gasteiger partial charge in [0.25, 0.3) is 0 Å². The number of ether oxygens (including phenoxy) is 1. The van der Waals surface area contributed by atoms with Gasteiger partial charge in [0.1, 0.15) is 12.9 Å². The van der Waals surface area contributed by atoms with E-state index in [0.29, 0.717) is 16.3 Å². The zero-order chi connectivity index (χ0) is 15.4. The van der Waals surface area contributed by atoms with Crippen LogP contribution in [0, 0.1) is 5.82 Å². The van der Waals surface area contributed by atoms with E-state index in [9.17, 15) is 14.0 Å². The van der Waals surface area contributed by atoms with Crippen molar-refractivity contribution in [2.24, 2.45) is 0 Å². The molecule has 1 N–H and O–H groups in total. The largest absolute Gasteiger partial charge is 0.486 e. The monoisotopic (exact) mass is 352 g/mol.